The Morgan fingerprint density at radius 3 is 2.75 bits per heavy atom. The number of aryl methyl sites for hydroxylation is 1. The summed E-state index contributed by atoms with van der Waals surface area (Å²) < 4.78 is 6.26. The third-order valence-corrected chi connectivity index (χ3v) is 3.00. The van der Waals surface area contributed by atoms with Crippen molar-refractivity contribution in [2.75, 3.05) is 5.73 Å². The van der Waals surface area contributed by atoms with E-state index in [1.807, 2.05) is 19.9 Å². The van der Waals surface area contributed by atoms with Crippen LogP contribution in [0.3, 0.4) is 0 Å². The van der Waals surface area contributed by atoms with Crippen molar-refractivity contribution in [2.24, 2.45) is 0 Å². The molecule has 0 fully saturated rings. The number of anilines is 1. The maximum atomic E-state index is 5.85. The molecule has 0 aliphatic heterocycles. The third-order valence-electron chi connectivity index (χ3n) is 2.38. The highest BCUT2D eigenvalue weighted by Crippen LogP contribution is 2.31. The Hall–Kier alpha value is -1.36. The van der Waals surface area contributed by atoms with Crippen molar-refractivity contribution in [1.29, 1.82) is 0 Å². The molecule has 84 valence electrons. The molecule has 2 aromatic heterocycles. The Morgan fingerprint density at radius 1 is 1.44 bits per heavy atom. The smallest absolute Gasteiger partial charge is 0.166 e. The number of nitrogens with two attached hydrogens (primary N) is 1. The first-order chi connectivity index (χ1) is 7.63. The number of furan rings is 1. The monoisotopic (exact) mass is 281 g/mol. The van der Waals surface area contributed by atoms with Gasteiger partial charge in [0, 0.05) is 12.0 Å². The molecule has 0 bridgehead atoms. The number of hydrogen-bond acceptors (Lipinski definition) is 4. The van der Waals surface area contributed by atoms with Crippen molar-refractivity contribution in [2.45, 2.75) is 20.3 Å². The lowest BCUT2D eigenvalue weighted by Crippen LogP contribution is -2.04. The van der Waals surface area contributed by atoms with Gasteiger partial charge in [-0.3, -0.25) is 0 Å². The second-order valence-corrected chi connectivity index (χ2v) is 4.30. The zero-order valence-electron chi connectivity index (χ0n) is 9.12. The molecule has 2 rings (SSSR count). The zero-order valence-corrected chi connectivity index (χ0v) is 10.7. The van der Waals surface area contributed by atoms with Gasteiger partial charge >= 0.3 is 0 Å². The van der Waals surface area contributed by atoms with Crippen LogP contribution in [0.4, 0.5) is 5.82 Å². The van der Waals surface area contributed by atoms with Gasteiger partial charge in [0.1, 0.15) is 17.3 Å². The molecular formula is C11H12BrN3O. The summed E-state index contributed by atoms with van der Waals surface area (Å²) >= 11 is 3.41. The molecule has 2 heterocycles. The van der Waals surface area contributed by atoms with Crippen LogP contribution in [0, 0.1) is 6.92 Å². The van der Waals surface area contributed by atoms with Crippen molar-refractivity contribution in [3.63, 3.8) is 0 Å². The standard InChI is InChI=1S/C11H12BrN3O/c1-3-8-14-9(6(2)11(13)15-8)10-7(12)4-5-16-10/h4-5H,3H2,1-2H3,(H2,13,14,15). The van der Waals surface area contributed by atoms with Gasteiger partial charge in [0.15, 0.2) is 5.76 Å². The summed E-state index contributed by atoms with van der Waals surface area (Å²) in [7, 11) is 0. The molecule has 4 nitrogen and oxygen atoms in total. The fraction of sp³-hybridized carbons (Fsp3) is 0.273. The van der Waals surface area contributed by atoms with Gasteiger partial charge in [-0.05, 0) is 28.9 Å². The molecule has 0 aliphatic rings. The normalized spacial score (nSPS) is 10.7. The fourth-order valence-electron chi connectivity index (χ4n) is 1.42. The van der Waals surface area contributed by atoms with E-state index in [0.717, 1.165) is 28.0 Å². The van der Waals surface area contributed by atoms with Gasteiger partial charge in [-0.2, -0.15) is 0 Å². The van der Waals surface area contributed by atoms with E-state index in [1.54, 1.807) is 6.26 Å². The Bertz CT molecular complexity index is 522. The molecule has 0 spiro atoms. The number of hydrogen-bond donors (Lipinski definition) is 1. The number of nitrogens with zero attached hydrogens (tertiary/aromatic N) is 2. The van der Waals surface area contributed by atoms with Gasteiger partial charge in [0.2, 0.25) is 0 Å². The van der Waals surface area contributed by atoms with E-state index in [2.05, 4.69) is 25.9 Å². The Morgan fingerprint density at radius 2 is 2.19 bits per heavy atom. The van der Waals surface area contributed by atoms with Crippen LogP contribution in [0.2, 0.25) is 0 Å². The number of aromatic nitrogens is 2. The van der Waals surface area contributed by atoms with Gasteiger partial charge < -0.3 is 10.2 Å². The van der Waals surface area contributed by atoms with E-state index < -0.39 is 0 Å². The summed E-state index contributed by atoms with van der Waals surface area (Å²) in [5, 5.41) is 0. The molecule has 0 unspecified atom stereocenters. The molecule has 0 aromatic carbocycles. The van der Waals surface area contributed by atoms with Crippen LogP contribution < -0.4 is 5.73 Å². The van der Waals surface area contributed by atoms with Crippen LogP contribution in [-0.4, -0.2) is 9.97 Å². The van der Waals surface area contributed by atoms with Crippen molar-refractivity contribution in [3.05, 3.63) is 28.2 Å². The number of nitrogen functional groups attached to an aromatic ring is 1. The minimum atomic E-state index is 0.505. The summed E-state index contributed by atoms with van der Waals surface area (Å²) in [5.74, 6) is 1.92. The van der Waals surface area contributed by atoms with Crippen molar-refractivity contribution in [1.82, 2.24) is 9.97 Å². The highest BCUT2D eigenvalue weighted by atomic mass is 79.9. The minimum Gasteiger partial charge on any atom is -0.461 e. The Balaban J connectivity index is 2.64. The average molecular weight is 282 g/mol. The molecule has 2 aromatic rings. The first-order valence-corrected chi connectivity index (χ1v) is 5.79. The van der Waals surface area contributed by atoms with Gasteiger partial charge in [0.05, 0.1) is 10.7 Å². The summed E-state index contributed by atoms with van der Waals surface area (Å²) in [5.41, 5.74) is 7.44. The largest absolute Gasteiger partial charge is 0.461 e. The molecule has 2 N–H and O–H groups in total. The fourth-order valence-corrected chi connectivity index (χ4v) is 1.81. The molecule has 0 radical (unpaired) electrons. The molecule has 0 aliphatic carbocycles. The van der Waals surface area contributed by atoms with Crippen molar-refractivity contribution < 1.29 is 4.42 Å². The summed E-state index contributed by atoms with van der Waals surface area (Å²) in [4.78, 5) is 8.64. The molecule has 16 heavy (non-hydrogen) atoms. The summed E-state index contributed by atoms with van der Waals surface area (Å²) in [6.45, 7) is 3.88. The van der Waals surface area contributed by atoms with E-state index in [1.165, 1.54) is 0 Å². The van der Waals surface area contributed by atoms with Crippen molar-refractivity contribution in [3.8, 4) is 11.5 Å². The van der Waals surface area contributed by atoms with Crippen LogP contribution in [0.5, 0.6) is 0 Å². The molecular weight excluding hydrogens is 270 g/mol. The number of rotatable bonds is 2. The average Bonchev–Trinajstić information content (AvgIpc) is 2.68. The van der Waals surface area contributed by atoms with E-state index in [0.29, 0.717) is 11.6 Å². The predicted molar refractivity (Wildman–Crippen MR) is 66.0 cm³/mol. The van der Waals surface area contributed by atoms with Crippen LogP contribution >= 0.6 is 15.9 Å². The topological polar surface area (TPSA) is 64.9 Å². The molecule has 0 atom stereocenters. The van der Waals surface area contributed by atoms with E-state index >= 15 is 0 Å². The summed E-state index contributed by atoms with van der Waals surface area (Å²) in [6.07, 6.45) is 2.36. The number of halogens is 1. The molecule has 0 amide bonds. The highest BCUT2D eigenvalue weighted by Gasteiger charge is 2.15. The lowest BCUT2D eigenvalue weighted by molar-refractivity contribution is 0.577. The van der Waals surface area contributed by atoms with Gasteiger partial charge in [-0.15, -0.1) is 0 Å². The Kier molecular flexibility index (Phi) is 2.96. The second-order valence-electron chi connectivity index (χ2n) is 3.45. The molecule has 0 saturated heterocycles. The maximum absolute atomic E-state index is 5.85. The minimum absolute atomic E-state index is 0.505. The van der Waals surface area contributed by atoms with Gasteiger partial charge in [0.25, 0.3) is 0 Å². The van der Waals surface area contributed by atoms with E-state index in [9.17, 15) is 0 Å². The van der Waals surface area contributed by atoms with Crippen molar-refractivity contribution >= 4 is 21.7 Å². The predicted octanol–water partition coefficient (Wildman–Crippen LogP) is 2.95. The van der Waals surface area contributed by atoms with E-state index in [-0.39, 0.29) is 0 Å². The van der Waals surface area contributed by atoms with Crippen LogP contribution in [-0.2, 0) is 6.42 Å². The third kappa shape index (κ3) is 1.82. The second kappa shape index (κ2) is 4.25. The zero-order chi connectivity index (χ0) is 11.7. The molecule has 5 heteroatoms. The quantitative estimate of drug-likeness (QED) is 0.919. The van der Waals surface area contributed by atoms with Gasteiger partial charge in [-0.1, -0.05) is 6.92 Å². The van der Waals surface area contributed by atoms with Gasteiger partial charge in [-0.25, -0.2) is 9.97 Å². The van der Waals surface area contributed by atoms with Crippen LogP contribution in [0.15, 0.2) is 21.2 Å². The first kappa shape index (κ1) is 11.1. The Labute approximate surface area is 102 Å². The first-order valence-electron chi connectivity index (χ1n) is 4.99. The maximum Gasteiger partial charge on any atom is 0.166 e. The lowest BCUT2D eigenvalue weighted by atomic mass is 10.2. The summed E-state index contributed by atoms with van der Waals surface area (Å²) in [6, 6.07) is 1.83. The SMILES string of the molecule is CCc1nc(N)c(C)c(-c2occc2Br)n1. The van der Waals surface area contributed by atoms with Crippen LogP contribution in [0.1, 0.15) is 18.3 Å². The highest BCUT2D eigenvalue weighted by molar-refractivity contribution is 9.10. The molecule has 0 saturated carbocycles. The lowest BCUT2D eigenvalue weighted by Gasteiger charge is -2.07. The van der Waals surface area contributed by atoms with E-state index in [4.69, 9.17) is 10.2 Å². The van der Waals surface area contributed by atoms with Crippen LogP contribution in [0.25, 0.3) is 11.5 Å².